The Labute approximate surface area is 112 Å². The summed E-state index contributed by atoms with van der Waals surface area (Å²) in [7, 11) is 0. The molecule has 5 nitrogen and oxygen atoms in total. The van der Waals surface area contributed by atoms with Crippen molar-refractivity contribution in [3.8, 4) is 0 Å². The molecule has 1 aliphatic heterocycles. The van der Waals surface area contributed by atoms with Gasteiger partial charge in [-0.05, 0) is 31.5 Å². The summed E-state index contributed by atoms with van der Waals surface area (Å²) in [4.78, 5) is 23.2. The number of hydrogen-bond acceptors (Lipinski definition) is 3. The number of hydrogen-bond donors (Lipinski definition) is 3. The second kappa shape index (κ2) is 6.89. The van der Waals surface area contributed by atoms with Gasteiger partial charge < -0.3 is 16.0 Å². The summed E-state index contributed by atoms with van der Waals surface area (Å²) in [6, 6.07) is 9.45. The molecule has 5 heteroatoms. The van der Waals surface area contributed by atoms with Crippen LogP contribution in [0.4, 0.5) is 5.69 Å². The van der Waals surface area contributed by atoms with Crippen molar-refractivity contribution in [1.82, 2.24) is 10.6 Å². The molecule has 0 aromatic heterocycles. The SMILES string of the molecule is O=C(CC1CCCN1)NCC(=O)Nc1ccccc1. The van der Waals surface area contributed by atoms with Crippen LogP contribution in [0.3, 0.4) is 0 Å². The molecule has 2 amide bonds. The lowest BCUT2D eigenvalue weighted by Gasteiger charge is -2.10. The first kappa shape index (κ1) is 13.5. The van der Waals surface area contributed by atoms with Crippen LogP contribution in [-0.2, 0) is 9.59 Å². The zero-order valence-electron chi connectivity index (χ0n) is 10.8. The number of para-hydroxylation sites is 1. The zero-order valence-corrected chi connectivity index (χ0v) is 10.8. The molecule has 0 radical (unpaired) electrons. The maximum absolute atomic E-state index is 11.6. The van der Waals surface area contributed by atoms with Crippen molar-refractivity contribution >= 4 is 17.5 Å². The van der Waals surface area contributed by atoms with Crippen LogP contribution in [0.2, 0.25) is 0 Å². The number of nitrogens with one attached hydrogen (secondary N) is 3. The summed E-state index contributed by atoms with van der Waals surface area (Å²) in [5.41, 5.74) is 0.735. The Morgan fingerprint density at radius 2 is 2.00 bits per heavy atom. The van der Waals surface area contributed by atoms with E-state index >= 15 is 0 Å². The first-order valence-corrected chi connectivity index (χ1v) is 6.59. The van der Waals surface area contributed by atoms with E-state index in [1.54, 1.807) is 0 Å². The van der Waals surface area contributed by atoms with Gasteiger partial charge in [0.25, 0.3) is 0 Å². The largest absolute Gasteiger partial charge is 0.347 e. The number of anilines is 1. The third-order valence-electron chi connectivity index (χ3n) is 3.10. The fraction of sp³-hybridized carbons (Fsp3) is 0.429. The van der Waals surface area contributed by atoms with E-state index in [-0.39, 0.29) is 24.4 Å². The highest BCUT2D eigenvalue weighted by atomic mass is 16.2. The van der Waals surface area contributed by atoms with Gasteiger partial charge in [-0.1, -0.05) is 18.2 Å². The summed E-state index contributed by atoms with van der Waals surface area (Å²) >= 11 is 0. The summed E-state index contributed by atoms with van der Waals surface area (Å²) in [5.74, 6) is -0.290. The molecule has 1 aromatic carbocycles. The Balaban J connectivity index is 1.67. The van der Waals surface area contributed by atoms with Gasteiger partial charge in [-0.2, -0.15) is 0 Å². The Bertz CT molecular complexity index is 428. The standard InChI is InChI=1S/C14H19N3O2/c18-13(9-12-7-4-8-15-12)16-10-14(19)17-11-5-2-1-3-6-11/h1-3,5-6,12,15H,4,7-10H2,(H,16,18)(H,17,19). The van der Waals surface area contributed by atoms with Crippen molar-refractivity contribution in [3.63, 3.8) is 0 Å². The van der Waals surface area contributed by atoms with Gasteiger partial charge in [0.2, 0.25) is 11.8 Å². The molecule has 0 saturated carbocycles. The molecule has 1 aromatic rings. The number of rotatable bonds is 5. The average Bonchev–Trinajstić information content (AvgIpc) is 2.90. The molecule has 1 unspecified atom stereocenters. The van der Waals surface area contributed by atoms with Crippen molar-refractivity contribution in [2.75, 3.05) is 18.4 Å². The van der Waals surface area contributed by atoms with Crippen LogP contribution >= 0.6 is 0 Å². The predicted molar refractivity (Wildman–Crippen MR) is 73.7 cm³/mol. The summed E-state index contributed by atoms with van der Waals surface area (Å²) < 4.78 is 0. The minimum Gasteiger partial charge on any atom is -0.347 e. The minimum absolute atomic E-state index is 0.0143. The normalized spacial score (nSPS) is 18.0. The van der Waals surface area contributed by atoms with Crippen molar-refractivity contribution in [2.45, 2.75) is 25.3 Å². The number of benzene rings is 1. The summed E-state index contributed by atoms with van der Waals surface area (Å²) in [6.45, 7) is 0.993. The summed E-state index contributed by atoms with van der Waals surface area (Å²) in [5, 5.41) is 8.61. The van der Waals surface area contributed by atoms with Crippen LogP contribution < -0.4 is 16.0 Å². The quantitative estimate of drug-likeness (QED) is 0.737. The number of amides is 2. The maximum atomic E-state index is 11.6. The topological polar surface area (TPSA) is 70.2 Å². The summed E-state index contributed by atoms with van der Waals surface area (Å²) in [6.07, 6.45) is 2.59. The Morgan fingerprint density at radius 1 is 1.21 bits per heavy atom. The van der Waals surface area contributed by atoms with Crippen LogP contribution in [0.15, 0.2) is 30.3 Å². The molecule has 1 fully saturated rings. The Kier molecular flexibility index (Phi) is 4.92. The number of carbonyl (C=O) groups is 2. The molecule has 1 atom stereocenters. The van der Waals surface area contributed by atoms with Crippen LogP contribution in [0, 0.1) is 0 Å². The Morgan fingerprint density at radius 3 is 2.68 bits per heavy atom. The molecular formula is C14H19N3O2. The van der Waals surface area contributed by atoms with Gasteiger partial charge in [0.15, 0.2) is 0 Å². The highest BCUT2D eigenvalue weighted by Crippen LogP contribution is 2.08. The molecule has 1 saturated heterocycles. The van der Waals surface area contributed by atoms with Crippen LogP contribution in [0.5, 0.6) is 0 Å². The van der Waals surface area contributed by atoms with Gasteiger partial charge >= 0.3 is 0 Å². The molecule has 0 aliphatic carbocycles. The molecule has 2 rings (SSSR count). The van der Waals surface area contributed by atoms with Crippen molar-refractivity contribution in [3.05, 3.63) is 30.3 Å². The van der Waals surface area contributed by atoms with E-state index in [0.717, 1.165) is 25.1 Å². The number of carbonyl (C=O) groups excluding carboxylic acids is 2. The third kappa shape index (κ3) is 4.71. The van der Waals surface area contributed by atoms with Crippen LogP contribution in [0.1, 0.15) is 19.3 Å². The fourth-order valence-corrected chi connectivity index (χ4v) is 2.13. The van der Waals surface area contributed by atoms with Crippen LogP contribution in [-0.4, -0.2) is 30.9 Å². The van der Waals surface area contributed by atoms with E-state index in [9.17, 15) is 9.59 Å². The monoisotopic (exact) mass is 261 g/mol. The van der Waals surface area contributed by atoms with Gasteiger partial charge in [0, 0.05) is 18.2 Å². The van der Waals surface area contributed by atoms with Gasteiger partial charge in [0.05, 0.1) is 6.54 Å². The molecule has 3 N–H and O–H groups in total. The highest BCUT2D eigenvalue weighted by Gasteiger charge is 2.17. The van der Waals surface area contributed by atoms with Gasteiger partial charge in [-0.25, -0.2) is 0 Å². The van der Waals surface area contributed by atoms with Crippen LogP contribution in [0.25, 0.3) is 0 Å². The third-order valence-corrected chi connectivity index (χ3v) is 3.10. The molecule has 1 aliphatic rings. The maximum Gasteiger partial charge on any atom is 0.243 e. The van der Waals surface area contributed by atoms with E-state index in [1.165, 1.54) is 0 Å². The van der Waals surface area contributed by atoms with Gasteiger partial charge in [-0.15, -0.1) is 0 Å². The molecule has 19 heavy (non-hydrogen) atoms. The molecular weight excluding hydrogens is 242 g/mol. The molecule has 1 heterocycles. The highest BCUT2D eigenvalue weighted by molar-refractivity contribution is 5.94. The lowest BCUT2D eigenvalue weighted by molar-refractivity contribution is -0.124. The van der Waals surface area contributed by atoms with Crippen molar-refractivity contribution < 1.29 is 9.59 Å². The smallest absolute Gasteiger partial charge is 0.243 e. The molecule has 0 spiro atoms. The van der Waals surface area contributed by atoms with Gasteiger partial charge in [-0.3, -0.25) is 9.59 Å². The Hall–Kier alpha value is -1.88. The minimum atomic E-state index is -0.209. The first-order chi connectivity index (χ1) is 9.24. The second-order valence-corrected chi connectivity index (χ2v) is 4.69. The van der Waals surface area contributed by atoms with E-state index < -0.39 is 0 Å². The fourth-order valence-electron chi connectivity index (χ4n) is 2.13. The molecule has 102 valence electrons. The van der Waals surface area contributed by atoms with Gasteiger partial charge in [0.1, 0.15) is 0 Å². The molecule has 0 bridgehead atoms. The lowest BCUT2D eigenvalue weighted by Crippen LogP contribution is -2.36. The van der Waals surface area contributed by atoms with E-state index in [2.05, 4.69) is 16.0 Å². The van der Waals surface area contributed by atoms with Crippen molar-refractivity contribution in [2.24, 2.45) is 0 Å². The van der Waals surface area contributed by atoms with Crippen molar-refractivity contribution in [1.29, 1.82) is 0 Å². The lowest BCUT2D eigenvalue weighted by atomic mass is 10.1. The van der Waals surface area contributed by atoms with E-state index in [1.807, 2.05) is 30.3 Å². The van der Waals surface area contributed by atoms with E-state index in [0.29, 0.717) is 6.42 Å². The second-order valence-electron chi connectivity index (χ2n) is 4.69. The zero-order chi connectivity index (χ0) is 13.5. The average molecular weight is 261 g/mol. The van der Waals surface area contributed by atoms with E-state index in [4.69, 9.17) is 0 Å². The first-order valence-electron chi connectivity index (χ1n) is 6.59. The predicted octanol–water partition coefficient (Wildman–Crippen LogP) is 0.883.